The third kappa shape index (κ3) is 5.42. The number of aromatic amines is 1. The minimum absolute atomic E-state index is 0.0256. The second-order valence-corrected chi connectivity index (χ2v) is 11.2. The zero-order chi connectivity index (χ0) is 29.4. The van der Waals surface area contributed by atoms with Gasteiger partial charge in [0.15, 0.2) is 0 Å². The van der Waals surface area contributed by atoms with Gasteiger partial charge < -0.3 is 29.8 Å². The van der Waals surface area contributed by atoms with Crippen molar-refractivity contribution in [2.24, 2.45) is 0 Å². The van der Waals surface area contributed by atoms with E-state index in [4.69, 9.17) is 19.2 Å². The fourth-order valence-corrected chi connectivity index (χ4v) is 6.00. The summed E-state index contributed by atoms with van der Waals surface area (Å²) >= 11 is 0. The molecule has 1 saturated heterocycles. The van der Waals surface area contributed by atoms with Gasteiger partial charge in [0.2, 0.25) is 5.91 Å². The number of anilines is 1. The Morgan fingerprint density at radius 1 is 1.14 bits per heavy atom. The zero-order valence-electron chi connectivity index (χ0n) is 24.7. The van der Waals surface area contributed by atoms with E-state index in [-0.39, 0.29) is 24.4 Å². The lowest BCUT2D eigenvalue weighted by atomic mass is 10.00. The molecule has 0 radical (unpaired) electrons. The van der Waals surface area contributed by atoms with Gasteiger partial charge in [-0.15, -0.1) is 0 Å². The first-order chi connectivity index (χ1) is 20.3. The van der Waals surface area contributed by atoms with Gasteiger partial charge in [-0.25, -0.2) is 9.97 Å². The Balaban J connectivity index is 1.39. The van der Waals surface area contributed by atoms with Crippen LogP contribution in [-0.2, 0) is 4.79 Å². The van der Waals surface area contributed by atoms with Crippen molar-refractivity contribution in [2.45, 2.75) is 52.1 Å². The first kappa shape index (κ1) is 27.7. The van der Waals surface area contributed by atoms with E-state index < -0.39 is 0 Å². The van der Waals surface area contributed by atoms with Crippen molar-refractivity contribution in [1.82, 2.24) is 30.3 Å². The quantitative estimate of drug-likeness (QED) is 0.226. The topological polar surface area (TPSA) is 121 Å². The Bertz CT molecular complexity index is 1720. The summed E-state index contributed by atoms with van der Waals surface area (Å²) in [6.07, 6.45) is 2.21. The summed E-state index contributed by atoms with van der Waals surface area (Å²) in [5.74, 6) is 2.73. The third-order valence-corrected chi connectivity index (χ3v) is 8.17. The van der Waals surface area contributed by atoms with E-state index in [1.165, 1.54) is 0 Å². The van der Waals surface area contributed by atoms with Crippen molar-refractivity contribution < 1.29 is 14.1 Å². The van der Waals surface area contributed by atoms with E-state index in [9.17, 15) is 4.79 Å². The van der Waals surface area contributed by atoms with Crippen LogP contribution in [0.1, 0.15) is 48.1 Å². The molecule has 1 atom stereocenters. The van der Waals surface area contributed by atoms with Crippen LogP contribution in [0.2, 0.25) is 0 Å². The number of aromatic nitrogens is 4. The van der Waals surface area contributed by atoms with Crippen LogP contribution in [-0.4, -0.2) is 64.2 Å². The van der Waals surface area contributed by atoms with E-state index >= 15 is 0 Å². The molecule has 1 aliphatic heterocycles. The lowest BCUT2D eigenvalue weighted by molar-refractivity contribution is -0.122. The summed E-state index contributed by atoms with van der Waals surface area (Å²) in [4.78, 5) is 28.6. The molecule has 0 spiro atoms. The number of hydrogen-bond acceptors (Lipinski definition) is 8. The number of carbonyl (C=O) groups excluding carboxylic acids is 1. The molecule has 0 saturated carbocycles. The summed E-state index contributed by atoms with van der Waals surface area (Å²) in [6, 6.07) is 14.0. The highest BCUT2D eigenvalue weighted by Crippen LogP contribution is 2.41. The molecule has 10 heteroatoms. The van der Waals surface area contributed by atoms with E-state index in [0.29, 0.717) is 23.0 Å². The number of ether oxygens (including phenoxy) is 1. The third-order valence-electron chi connectivity index (χ3n) is 8.17. The number of methoxy groups -OCH3 is 1. The molecule has 10 nitrogen and oxygen atoms in total. The highest BCUT2D eigenvalue weighted by Gasteiger charge is 2.25. The molecule has 6 rings (SSSR count). The van der Waals surface area contributed by atoms with E-state index in [1.54, 1.807) is 7.11 Å². The number of piperidine rings is 1. The van der Waals surface area contributed by atoms with E-state index in [1.807, 2.05) is 63.2 Å². The Morgan fingerprint density at radius 2 is 1.90 bits per heavy atom. The Morgan fingerprint density at radius 3 is 2.60 bits per heavy atom. The van der Waals surface area contributed by atoms with Crippen LogP contribution in [0.5, 0.6) is 5.75 Å². The first-order valence-electron chi connectivity index (χ1n) is 14.4. The minimum atomic E-state index is -0.289. The van der Waals surface area contributed by atoms with Gasteiger partial charge >= 0.3 is 0 Å². The number of hydrogen-bond donors (Lipinski definition) is 3. The normalized spacial score (nSPS) is 15.3. The molecule has 1 aliphatic rings. The number of nitrogens with one attached hydrogen (secondary N) is 3. The average molecular weight is 568 g/mol. The van der Waals surface area contributed by atoms with Crippen LogP contribution in [0.3, 0.4) is 0 Å². The lowest BCUT2D eigenvalue weighted by Crippen LogP contribution is -2.43. The minimum Gasteiger partial charge on any atom is -0.496 e. The van der Waals surface area contributed by atoms with Crippen molar-refractivity contribution in [3.63, 3.8) is 0 Å². The summed E-state index contributed by atoms with van der Waals surface area (Å²) < 4.78 is 11.3. The highest BCUT2D eigenvalue weighted by molar-refractivity contribution is 6.13. The van der Waals surface area contributed by atoms with Gasteiger partial charge in [-0.05, 0) is 71.4 Å². The second kappa shape index (κ2) is 11.4. The molecule has 0 bridgehead atoms. The average Bonchev–Trinajstić information content (AvgIpc) is 3.51. The van der Waals surface area contributed by atoms with E-state index in [0.717, 1.165) is 70.4 Å². The van der Waals surface area contributed by atoms with E-state index in [2.05, 4.69) is 32.7 Å². The monoisotopic (exact) mass is 567 g/mol. The van der Waals surface area contributed by atoms with Gasteiger partial charge in [0, 0.05) is 22.5 Å². The van der Waals surface area contributed by atoms with Gasteiger partial charge in [-0.3, -0.25) is 4.79 Å². The van der Waals surface area contributed by atoms with Crippen LogP contribution in [0.4, 0.5) is 5.82 Å². The number of nitrogens with zero attached hydrogens (tertiary/aromatic N) is 4. The van der Waals surface area contributed by atoms with Gasteiger partial charge in [0.05, 0.1) is 36.2 Å². The van der Waals surface area contributed by atoms with Crippen molar-refractivity contribution in [3.8, 4) is 16.9 Å². The summed E-state index contributed by atoms with van der Waals surface area (Å²) in [5, 5.41) is 12.8. The molecule has 42 heavy (non-hydrogen) atoms. The SMILES string of the molecule is COc1cc2c(cc1-c1c(C)noc1C)[nH]c1nc(C)nc(N[C@H](CC(=O)NC3CCN(C)CC3)c3ccccc3)c12. The van der Waals surface area contributed by atoms with Crippen molar-refractivity contribution in [1.29, 1.82) is 0 Å². The summed E-state index contributed by atoms with van der Waals surface area (Å²) in [6.45, 7) is 7.67. The van der Waals surface area contributed by atoms with Gasteiger partial charge in [0.1, 0.15) is 28.8 Å². The fourth-order valence-electron chi connectivity index (χ4n) is 6.00. The van der Waals surface area contributed by atoms with Gasteiger partial charge in [-0.2, -0.15) is 0 Å². The number of carbonyl (C=O) groups is 1. The number of benzene rings is 2. The molecule has 0 aliphatic carbocycles. The van der Waals surface area contributed by atoms with Crippen molar-refractivity contribution in [3.05, 3.63) is 65.3 Å². The maximum absolute atomic E-state index is 13.3. The lowest BCUT2D eigenvalue weighted by Gasteiger charge is -2.30. The van der Waals surface area contributed by atoms with Crippen LogP contribution >= 0.6 is 0 Å². The number of amides is 1. The van der Waals surface area contributed by atoms with Crippen LogP contribution in [0.15, 0.2) is 47.0 Å². The first-order valence-corrected chi connectivity index (χ1v) is 14.4. The molecular formula is C32H37N7O3. The predicted octanol–water partition coefficient (Wildman–Crippen LogP) is 5.45. The van der Waals surface area contributed by atoms with Crippen molar-refractivity contribution in [2.75, 3.05) is 32.6 Å². The smallest absolute Gasteiger partial charge is 0.222 e. The molecule has 218 valence electrons. The number of aryl methyl sites for hydroxylation is 3. The molecular weight excluding hydrogens is 530 g/mol. The summed E-state index contributed by atoms with van der Waals surface area (Å²) in [7, 11) is 3.78. The van der Waals surface area contributed by atoms with Gasteiger partial charge in [-0.1, -0.05) is 35.5 Å². The molecule has 5 aromatic rings. The fraction of sp³-hybridized carbons (Fsp3) is 0.375. The number of fused-ring (bicyclic) bond motifs is 3. The molecule has 3 aromatic heterocycles. The maximum atomic E-state index is 13.3. The Labute approximate surface area is 244 Å². The maximum Gasteiger partial charge on any atom is 0.222 e. The molecule has 4 heterocycles. The van der Waals surface area contributed by atoms with Crippen LogP contribution < -0.4 is 15.4 Å². The van der Waals surface area contributed by atoms with Gasteiger partial charge in [0.25, 0.3) is 0 Å². The molecule has 1 amide bonds. The largest absolute Gasteiger partial charge is 0.496 e. The van der Waals surface area contributed by atoms with Crippen LogP contribution in [0.25, 0.3) is 33.1 Å². The second-order valence-electron chi connectivity index (χ2n) is 11.2. The zero-order valence-corrected chi connectivity index (χ0v) is 24.7. The predicted molar refractivity (Wildman–Crippen MR) is 164 cm³/mol. The molecule has 2 aromatic carbocycles. The number of likely N-dealkylation sites (tertiary alicyclic amines) is 1. The molecule has 3 N–H and O–H groups in total. The highest BCUT2D eigenvalue weighted by atomic mass is 16.5. The summed E-state index contributed by atoms with van der Waals surface area (Å²) in [5.41, 5.74) is 5.20. The number of H-pyrrole nitrogens is 1. The van der Waals surface area contributed by atoms with Crippen LogP contribution in [0, 0.1) is 20.8 Å². The molecule has 1 fully saturated rings. The number of rotatable bonds is 8. The standard InChI is InChI=1S/C32H37N7O3/c1-18-29(19(2)42-38-18)24-15-26-23(16-27(24)41-5)30-31(33-20(3)34-32(30)37-26)36-25(21-9-7-6-8-10-21)17-28(40)35-22-11-13-39(4)14-12-22/h6-10,15-16,22,25H,11-14,17H2,1-5H3,(H,35,40)(H2,33,34,36,37)/t25-/m1/s1. The Kier molecular flexibility index (Phi) is 7.55. The molecule has 0 unspecified atom stereocenters. The van der Waals surface area contributed by atoms with Crippen molar-refractivity contribution >= 4 is 33.7 Å². The Hall–Kier alpha value is -4.44.